The number of imide groups is 1. The van der Waals surface area contributed by atoms with E-state index in [2.05, 4.69) is 19.2 Å². The first-order chi connectivity index (χ1) is 8.96. The van der Waals surface area contributed by atoms with Crippen LogP contribution in [0.2, 0.25) is 0 Å². The Hall–Kier alpha value is -0.900. The van der Waals surface area contributed by atoms with Crippen LogP contribution >= 0.6 is 0 Å². The molecule has 0 aromatic carbocycles. The Kier molecular flexibility index (Phi) is 3.16. The van der Waals surface area contributed by atoms with Gasteiger partial charge in [0, 0.05) is 12.1 Å². The van der Waals surface area contributed by atoms with Crippen molar-refractivity contribution in [3.05, 3.63) is 0 Å². The molecule has 0 aromatic heterocycles. The van der Waals surface area contributed by atoms with Gasteiger partial charge in [-0.1, -0.05) is 13.8 Å². The number of carbonyl (C=O) groups excluding carboxylic acids is 2. The van der Waals surface area contributed by atoms with Crippen molar-refractivity contribution in [1.29, 1.82) is 0 Å². The number of hydrogen-bond donors (Lipinski definition) is 1. The van der Waals surface area contributed by atoms with E-state index in [0.29, 0.717) is 17.9 Å². The lowest BCUT2D eigenvalue weighted by Gasteiger charge is -2.35. The summed E-state index contributed by atoms with van der Waals surface area (Å²) in [5.74, 6) is 0.0541. The predicted octanol–water partition coefficient (Wildman–Crippen LogP) is 1.83. The number of carbonyl (C=O) groups is 2. The van der Waals surface area contributed by atoms with Gasteiger partial charge in [-0.15, -0.1) is 0 Å². The Bertz CT molecular complexity index is 391. The number of rotatable bonds is 3. The molecule has 0 aromatic rings. The molecule has 3 aliphatic rings. The number of nitrogens with zero attached hydrogens (tertiary/aromatic N) is 1. The molecule has 4 nitrogen and oxygen atoms in total. The first-order valence-electron chi connectivity index (χ1n) is 7.58. The van der Waals surface area contributed by atoms with Gasteiger partial charge in [-0.2, -0.15) is 0 Å². The zero-order valence-corrected chi connectivity index (χ0v) is 11.9. The van der Waals surface area contributed by atoms with Crippen LogP contribution < -0.4 is 5.32 Å². The summed E-state index contributed by atoms with van der Waals surface area (Å²) in [6.45, 7) is 4.62. The number of amides is 2. The lowest BCUT2D eigenvalue weighted by atomic mass is 9.75. The molecule has 4 heteroatoms. The van der Waals surface area contributed by atoms with Crippen LogP contribution in [-0.2, 0) is 9.59 Å². The minimum Gasteiger partial charge on any atom is -0.303 e. The molecule has 3 rings (SSSR count). The van der Waals surface area contributed by atoms with E-state index in [1.165, 1.54) is 17.7 Å². The summed E-state index contributed by atoms with van der Waals surface area (Å²) in [7, 11) is 0. The molecule has 106 valence electrons. The van der Waals surface area contributed by atoms with Crippen molar-refractivity contribution in [3.63, 3.8) is 0 Å². The van der Waals surface area contributed by atoms with Gasteiger partial charge in [0.2, 0.25) is 11.8 Å². The second-order valence-corrected chi connectivity index (χ2v) is 7.20. The Morgan fingerprint density at radius 2 is 1.74 bits per heavy atom. The molecule has 3 fully saturated rings. The van der Waals surface area contributed by atoms with Crippen molar-refractivity contribution in [2.75, 3.05) is 0 Å². The Balaban J connectivity index is 1.56. The maximum absolute atomic E-state index is 12.2. The Morgan fingerprint density at radius 1 is 1.11 bits per heavy atom. The maximum atomic E-state index is 12.2. The van der Waals surface area contributed by atoms with Crippen molar-refractivity contribution < 1.29 is 9.59 Å². The van der Waals surface area contributed by atoms with Crippen LogP contribution in [0.5, 0.6) is 0 Å². The van der Waals surface area contributed by atoms with Gasteiger partial charge >= 0.3 is 0 Å². The van der Waals surface area contributed by atoms with Gasteiger partial charge in [-0.25, -0.2) is 0 Å². The zero-order valence-electron chi connectivity index (χ0n) is 11.9. The number of hydrogen-bond acceptors (Lipinski definition) is 3. The summed E-state index contributed by atoms with van der Waals surface area (Å²) < 4.78 is 0. The molecule has 2 saturated carbocycles. The average molecular weight is 264 g/mol. The predicted molar refractivity (Wildman–Crippen MR) is 72.5 cm³/mol. The molecule has 1 N–H and O–H groups in total. The van der Waals surface area contributed by atoms with Crippen LogP contribution in [0.25, 0.3) is 0 Å². The highest BCUT2D eigenvalue weighted by Crippen LogP contribution is 2.36. The normalized spacial score (nSPS) is 32.1. The lowest BCUT2D eigenvalue weighted by molar-refractivity contribution is -0.139. The molecule has 1 unspecified atom stereocenters. The quantitative estimate of drug-likeness (QED) is 0.791. The lowest BCUT2D eigenvalue weighted by Crippen LogP contribution is -2.46. The molecule has 1 heterocycles. The SMILES string of the molecule is CC1(C)CCC(NC2CC(=O)N(C3CC3)C2=O)CC1. The van der Waals surface area contributed by atoms with E-state index < -0.39 is 0 Å². The molecular formula is C15H24N2O2. The van der Waals surface area contributed by atoms with Gasteiger partial charge < -0.3 is 5.32 Å². The van der Waals surface area contributed by atoms with Gasteiger partial charge in [-0.3, -0.25) is 14.5 Å². The molecule has 0 radical (unpaired) electrons. The van der Waals surface area contributed by atoms with Crippen molar-refractivity contribution in [3.8, 4) is 0 Å². The van der Waals surface area contributed by atoms with E-state index in [-0.39, 0.29) is 23.9 Å². The van der Waals surface area contributed by atoms with Crippen molar-refractivity contribution in [2.45, 2.75) is 76.9 Å². The molecular weight excluding hydrogens is 240 g/mol. The highest BCUT2D eigenvalue weighted by Gasteiger charge is 2.46. The molecule has 2 amide bonds. The van der Waals surface area contributed by atoms with E-state index in [9.17, 15) is 9.59 Å². The minimum atomic E-state index is -0.251. The third-order valence-electron chi connectivity index (χ3n) is 4.87. The van der Waals surface area contributed by atoms with Crippen LogP contribution in [0.3, 0.4) is 0 Å². The van der Waals surface area contributed by atoms with Crippen LogP contribution in [-0.4, -0.2) is 34.8 Å². The van der Waals surface area contributed by atoms with Crippen molar-refractivity contribution in [2.24, 2.45) is 5.41 Å². The van der Waals surface area contributed by atoms with Crippen molar-refractivity contribution >= 4 is 11.8 Å². The number of likely N-dealkylation sites (tertiary alicyclic amines) is 1. The molecule has 1 aliphatic heterocycles. The fourth-order valence-corrected chi connectivity index (χ4v) is 3.35. The van der Waals surface area contributed by atoms with E-state index in [1.54, 1.807) is 0 Å². The van der Waals surface area contributed by atoms with Crippen LogP contribution in [0.15, 0.2) is 0 Å². The van der Waals surface area contributed by atoms with Crippen LogP contribution in [0.4, 0.5) is 0 Å². The molecule has 1 atom stereocenters. The van der Waals surface area contributed by atoms with Gasteiger partial charge in [0.25, 0.3) is 0 Å². The Morgan fingerprint density at radius 3 is 2.32 bits per heavy atom. The van der Waals surface area contributed by atoms with Crippen LogP contribution in [0.1, 0.15) is 58.8 Å². The molecule has 0 bridgehead atoms. The average Bonchev–Trinajstić information content (AvgIpc) is 3.11. The van der Waals surface area contributed by atoms with E-state index in [1.807, 2.05) is 0 Å². The number of nitrogens with one attached hydrogen (secondary N) is 1. The van der Waals surface area contributed by atoms with Crippen molar-refractivity contribution in [1.82, 2.24) is 10.2 Å². The minimum absolute atomic E-state index is 0.0253. The van der Waals surface area contributed by atoms with E-state index >= 15 is 0 Å². The maximum Gasteiger partial charge on any atom is 0.247 e. The first kappa shape index (κ1) is 13.1. The summed E-state index contributed by atoms with van der Waals surface area (Å²) in [6.07, 6.45) is 7.01. The third kappa shape index (κ3) is 2.69. The standard InChI is InChI=1S/C15H24N2O2/c1-15(2)7-5-10(6-8-15)16-12-9-13(18)17(14(12)19)11-3-4-11/h10-12,16H,3-9H2,1-2H3. The Labute approximate surface area is 114 Å². The summed E-state index contributed by atoms with van der Waals surface area (Å²) >= 11 is 0. The third-order valence-corrected chi connectivity index (χ3v) is 4.87. The topological polar surface area (TPSA) is 49.4 Å². The zero-order chi connectivity index (χ0) is 13.6. The highest BCUT2D eigenvalue weighted by atomic mass is 16.2. The largest absolute Gasteiger partial charge is 0.303 e. The molecule has 1 saturated heterocycles. The molecule has 2 aliphatic carbocycles. The monoisotopic (exact) mass is 264 g/mol. The van der Waals surface area contributed by atoms with E-state index in [0.717, 1.165) is 25.7 Å². The van der Waals surface area contributed by atoms with Crippen LogP contribution in [0, 0.1) is 5.41 Å². The van der Waals surface area contributed by atoms with E-state index in [4.69, 9.17) is 0 Å². The van der Waals surface area contributed by atoms with Gasteiger partial charge in [0.05, 0.1) is 12.5 Å². The summed E-state index contributed by atoms with van der Waals surface area (Å²) in [5, 5.41) is 3.44. The molecule has 19 heavy (non-hydrogen) atoms. The van der Waals surface area contributed by atoms with Gasteiger partial charge in [0.1, 0.15) is 0 Å². The first-order valence-corrected chi connectivity index (χ1v) is 7.58. The fraction of sp³-hybridized carbons (Fsp3) is 0.867. The second-order valence-electron chi connectivity index (χ2n) is 7.20. The van der Waals surface area contributed by atoms with Gasteiger partial charge in [0.15, 0.2) is 0 Å². The highest BCUT2D eigenvalue weighted by molar-refractivity contribution is 6.06. The fourth-order valence-electron chi connectivity index (χ4n) is 3.35. The van der Waals surface area contributed by atoms with Gasteiger partial charge in [-0.05, 0) is 43.9 Å². The molecule has 0 spiro atoms. The summed E-state index contributed by atoms with van der Waals surface area (Å²) in [5.41, 5.74) is 0.438. The summed E-state index contributed by atoms with van der Waals surface area (Å²) in [4.78, 5) is 25.6. The smallest absolute Gasteiger partial charge is 0.247 e. The second kappa shape index (κ2) is 4.58. The summed E-state index contributed by atoms with van der Waals surface area (Å²) in [6, 6.07) is 0.380.